The van der Waals surface area contributed by atoms with Crippen LogP contribution in [0, 0.1) is 0 Å². The van der Waals surface area contributed by atoms with E-state index in [-0.39, 0.29) is 18.8 Å². The fourth-order valence-electron chi connectivity index (χ4n) is 3.18. The maximum Gasteiger partial charge on any atom is 0.354 e. The van der Waals surface area contributed by atoms with E-state index in [0.717, 1.165) is 10.1 Å². The second-order valence-corrected chi connectivity index (χ2v) is 8.63. The lowest BCUT2D eigenvalue weighted by molar-refractivity contribution is 0.0688. The van der Waals surface area contributed by atoms with Crippen LogP contribution in [-0.4, -0.2) is 35.3 Å². The lowest BCUT2D eigenvalue weighted by Gasteiger charge is -2.28. The number of nitrogens with zero attached hydrogens (tertiary/aromatic N) is 2. The predicted molar refractivity (Wildman–Crippen MR) is 94.3 cm³/mol. The highest BCUT2D eigenvalue weighted by atomic mass is 32.2. The van der Waals surface area contributed by atoms with Crippen LogP contribution in [0.4, 0.5) is 0 Å². The summed E-state index contributed by atoms with van der Waals surface area (Å²) in [4.78, 5) is 15.5. The van der Waals surface area contributed by atoms with Gasteiger partial charge < -0.3 is 5.11 Å². The average Bonchev–Trinajstić information content (AvgIpc) is 3.09. The molecule has 0 unspecified atom stereocenters. The predicted octanol–water partition coefficient (Wildman–Crippen LogP) is 2.74. The van der Waals surface area contributed by atoms with Crippen LogP contribution in [0.5, 0.6) is 0 Å². The molecule has 128 valence electrons. The molecule has 0 saturated carbocycles. The molecular formula is C17H14N2O4S2. The third-order valence-electron chi connectivity index (χ3n) is 4.39. The van der Waals surface area contributed by atoms with Crippen molar-refractivity contribution in [2.24, 2.45) is 0 Å². The molecule has 0 spiro atoms. The van der Waals surface area contributed by atoms with Crippen LogP contribution in [0.15, 0.2) is 46.8 Å². The largest absolute Gasteiger partial charge is 0.477 e. The van der Waals surface area contributed by atoms with Crippen LogP contribution < -0.4 is 0 Å². The molecule has 1 aliphatic heterocycles. The molecule has 0 radical (unpaired) electrons. The van der Waals surface area contributed by atoms with E-state index in [1.54, 1.807) is 18.2 Å². The van der Waals surface area contributed by atoms with Gasteiger partial charge in [0.05, 0.1) is 4.90 Å². The molecule has 8 heteroatoms. The number of benzene rings is 1. The van der Waals surface area contributed by atoms with Crippen molar-refractivity contribution in [2.45, 2.75) is 17.9 Å². The second kappa shape index (κ2) is 5.91. The van der Waals surface area contributed by atoms with Gasteiger partial charge in [-0.3, -0.25) is 0 Å². The molecule has 0 saturated heterocycles. The third kappa shape index (κ3) is 2.62. The quantitative estimate of drug-likeness (QED) is 0.762. The van der Waals surface area contributed by atoms with Crippen molar-refractivity contribution in [3.63, 3.8) is 0 Å². The Hall–Kier alpha value is -2.29. The molecule has 4 rings (SSSR count). The molecule has 1 aliphatic rings. The Kier molecular flexibility index (Phi) is 3.82. The number of pyridine rings is 1. The maximum absolute atomic E-state index is 13.1. The summed E-state index contributed by atoms with van der Waals surface area (Å²) < 4.78 is 28.6. The summed E-state index contributed by atoms with van der Waals surface area (Å²) in [5.74, 6) is -1.09. The zero-order valence-corrected chi connectivity index (χ0v) is 14.7. The van der Waals surface area contributed by atoms with E-state index in [1.807, 2.05) is 17.5 Å². The first-order valence-electron chi connectivity index (χ1n) is 7.65. The van der Waals surface area contributed by atoms with Crippen molar-refractivity contribution < 1.29 is 18.3 Å². The van der Waals surface area contributed by atoms with Crippen LogP contribution in [0.2, 0.25) is 0 Å². The minimum atomic E-state index is -3.66. The summed E-state index contributed by atoms with van der Waals surface area (Å²) in [7, 11) is -3.66. The molecule has 3 aromatic rings. The van der Waals surface area contributed by atoms with Gasteiger partial charge in [-0.2, -0.15) is 4.31 Å². The standard InChI is InChI=1S/C17H14N2O4S2/c20-17(21)16-12-5-8-19(10-11(12)4-7-18-16)25(22,23)15-3-1-2-14-13(15)6-9-24-14/h1-4,6-7,9H,5,8,10H2,(H,20,21). The maximum atomic E-state index is 13.1. The SMILES string of the molecule is O=C(O)c1nccc2c1CCN(S(=O)(=O)c1cccc3sccc13)C2. The number of carbonyl (C=O) groups is 1. The van der Waals surface area contributed by atoms with Crippen LogP contribution >= 0.6 is 11.3 Å². The first-order chi connectivity index (χ1) is 12.0. The monoisotopic (exact) mass is 374 g/mol. The molecule has 25 heavy (non-hydrogen) atoms. The number of carboxylic acids is 1. The van der Waals surface area contributed by atoms with E-state index >= 15 is 0 Å². The van der Waals surface area contributed by atoms with Gasteiger partial charge in [0.1, 0.15) is 0 Å². The van der Waals surface area contributed by atoms with E-state index in [0.29, 0.717) is 22.4 Å². The van der Waals surface area contributed by atoms with Crippen molar-refractivity contribution in [1.29, 1.82) is 0 Å². The van der Waals surface area contributed by atoms with Gasteiger partial charge in [-0.05, 0) is 47.2 Å². The molecule has 0 bridgehead atoms. The number of hydrogen-bond acceptors (Lipinski definition) is 5. The minimum absolute atomic E-state index is 0.00878. The van der Waals surface area contributed by atoms with Crippen molar-refractivity contribution in [1.82, 2.24) is 9.29 Å². The number of aromatic carboxylic acids is 1. The van der Waals surface area contributed by atoms with Crippen molar-refractivity contribution in [3.8, 4) is 0 Å². The summed E-state index contributed by atoms with van der Waals surface area (Å²) in [5.41, 5.74) is 1.32. The number of thiophene rings is 1. The smallest absolute Gasteiger partial charge is 0.354 e. The zero-order valence-electron chi connectivity index (χ0n) is 13.0. The number of sulfonamides is 1. The minimum Gasteiger partial charge on any atom is -0.477 e. The van der Waals surface area contributed by atoms with E-state index in [4.69, 9.17) is 0 Å². The molecule has 0 fully saturated rings. The molecule has 0 atom stereocenters. The second-order valence-electron chi connectivity index (χ2n) is 5.78. The van der Waals surface area contributed by atoms with Gasteiger partial charge in [0.25, 0.3) is 0 Å². The average molecular weight is 374 g/mol. The molecule has 1 aromatic carbocycles. The number of carboxylic acid groups (broad SMARTS) is 1. The summed E-state index contributed by atoms with van der Waals surface area (Å²) in [6.45, 7) is 0.392. The number of fused-ring (bicyclic) bond motifs is 2. The van der Waals surface area contributed by atoms with Gasteiger partial charge in [-0.1, -0.05) is 6.07 Å². The Morgan fingerprint density at radius 1 is 1.24 bits per heavy atom. The zero-order chi connectivity index (χ0) is 17.6. The highest BCUT2D eigenvalue weighted by Crippen LogP contribution is 2.32. The van der Waals surface area contributed by atoms with Crippen LogP contribution in [0.25, 0.3) is 10.1 Å². The number of rotatable bonds is 3. The van der Waals surface area contributed by atoms with Gasteiger partial charge in [0.2, 0.25) is 10.0 Å². The topological polar surface area (TPSA) is 87.6 Å². The molecule has 0 aliphatic carbocycles. The van der Waals surface area contributed by atoms with E-state index in [2.05, 4.69) is 4.98 Å². The Morgan fingerprint density at radius 2 is 2.08 bits per heavy atom. The van der Waals surface area contributed by atoms with Crippen LogP contribution in [0.1, 0.15) is 21.6 Å². The van der Waals surface area contributed by atoms with Gasteiger partial charge in [0.15, 0.2) is 5.69 Å². The summed E-state index contributed by atoms with van der Waals surface area (Å²) >= 11 is 1.50. The van der Waals surface area contributed by atoms with Crippen molar-refractivity contribution in [2.75, 3.05) is 6.54 Å². The van der Waals surface area contributed by atoms with E-state index in [9.17, 15) is 18.3 Å². The fraction of sp³-hybridized carbons (Fsp3) is 0.176. The Morgan fingerprint density at radius 3 is 2.88 bits per heavy atom. The van der Waals surface area contributed by atoms with Crippen molar-refractivity contribution >= 4 is 37.4 Å². The van der Waals surface area contributed by atoms with Crippen molar-refractivity contribution in [3.05, 3.63) is 58.7 Å². The van der Waals surface area contributed by atoms with Gasteiger partial charge in [-0.25, -0.2) is 18.2 Å². The summed E-state index contributed by atoms with van der Waals surface area (Å²) in [6, 6.07) is 8.77. The van der Waals surface area contributed by atoms with Gasteiger partial charge in [-0.15, -0.1) is 11.3 Å². The fourth-order valence-corrected chi connectivity index (χ4v) is 5.69. The van der Waals surface area contributed by atoms with E-state index < -0.39 is 16.0 Å². The highest BCUT2D eigenvalue weighted by molar-refractivity contribution is 7.89. The molecule has 1 N–H and O–H groups in total. The number of hydrogen-bond donors (Lipinski definition) is 1. The first kappa shape index (κ1) is 16.2. The highest BCUT2D eigenvalue weighted by Gasteiger charge is 2.31. The summed E-state index contributed by atoms with van der Waals surface area (Å²) in [5, 5.41) is 11.8. The number of aromatic nitrogens is 1. The molecule has 2 aromatic heterocycles. The molecule has 0 amide bonds. The molecule has 3 heterocycles. The summed E-state index contributed by atoms with van der Waals surface area (Å²) in [6.07, 6.45) is 1.75. The lowest BCUT2D eigenvalue weighted by Crippen LogP contribution is -2.36. The lowest BCUT2D eigenvalue weighted by atomic mass is 10.00. The van der Waals surface area contributed by atoms with E-state index in [1.165, 1.54) is 21.8 Å². The van der Waals surface area contributed by atoms with Crippen LogP contribution in [0.3, 0.4) is 0 Å². The van der Waals surface area contributed by atoms with Crippen LogP contribution in [-0.2, 0) is 23.0 Å². The molecular weight excluding hydrogens is 360 g/mol. The Labute approximate surface area is 148 Å². The van der Waals surface area contributed by atoms with Gasteiger partial charge in [0, 0.05) is 29.4 Å². The van der Waals surface area contributed by atoms with Gasteiger partial charge >= 0.3 is 5.97 Å². The third-order valence-corrected chi connectivity index (χ3v) is 7.17. The molecule has 6 nitrogen and oxygen atoms in total. The first-order valence-corrected chi connectivity index (χ1v) is 9.97. The Bertz CT molecular complexity index is 1090. The normalized spacial score (nSPS) is 15.2. The Balaban J connectivity index is 1.75.